The summed E-state index contributed by atoms with van der Waals surface area (Å²) in [5.41, 5.74) is 0. The lowest BCUT2D eigenvalue weighted by atomic mass is 10.8. The maximum atomic E-state index is 9.80. The van der Waals surface area contributed by atoms with Crippen molar-refractivity contribution in [2.75, 3.05) is 0 Å². The van der Waals surface area contributed by atoms with E-state index in [1.54, 1.807) is 0 Å². The first-order valence-electron chi connectivity index (χ1n) is 1.83. The third-order valence-corrected chi connectivity index (χ3v) is 0.730. The van der Waals surface area contributed by atoms with Gasteiger partial charge in [0.2, 0.25) is 6.29 Å². The van der Waals surface area contributed by atoms with Crippen molar-refractivity contribution >= 4 is 18.5 Å². The number of aldehydes is 1. The topological polar surface area (TPSA) is 58.9 Å². The Labute approximate surface area is 49.5 Å². The van der Waals surface area contributed by atoms with Crippen LogP contribution in [0.5, 0.6) is 0 Å². The number of H-pyrrole nitrogens is 1. The maximum Gasteiger partial charge on any atom is 0.284 e. The van der Waals surface area contributed by atoms with Gasteiger partial charge >= 0.3 is 0 Å². The second kappa shape index (κ2) is 1.87. The molecule has 0 aromatic carbocycles. The van der Waals surface area contributed by atoms with Crippen LogP contribution in [0.1, 0.15) is 10.7 Å². The molecule has 5 heteroatoms. The monoisotopic (exact) mass is 130 g/mol. The number of rotatable bonds is 1. The average Bonchev–Trinajstić information content (AvgIpc) is 2.14. The molecule has 42 valence electrons. The number of nitrogens with one attached hydrogen (secondary N) is 1. The summed E-state index contributed by atoms with van der Waals surface area (Å²) >= 11 is 4.46. The van der Waals surface area contributed by atoms with E-state index in [-0.39, 0.29) is 10.7 Å². The minimum atomic E-state index is -0.0185. The Bertz CT molecular complexity index is 237. The normalized spacial score (nSPS) is 9.00. The summed E-state index contributed by atoms with van der Waals surface area (Å²) in [6, 6.07) is 0. The van der Waals surface area contributed by atoms with Crippen molar-refractivity contribution < 1.29 is 9.21 Å². The first-order chi connectivity index (χ1) is 3.83. The zero-order valence-electron chi connectivity index (χ0n) is 3.75. The fourth-order valence-electron chi connectivity index (χ4n) is 0.292. The van der Waals surface area contributed by atoms with E-state index >= 15 is 0 Å². The van der Waals surface area contributed by atoms with Crippen LogP contribution < -0.4 is 0 Å². The highest BCUT2D eigenvalue weighted by Gasteiger charge is 1.91. The molecule has 1 aromatic heterocycles. The van der Waals surface area contributed by atoms with Gasteiger partial charge in [-0.05, 0) is 12.2 Å². The number of aromatic amines is 1. The van der Waals surface area contributed by atoms with E-state index in [1.165, 1.54) is 0 Å². The molecule has 0 aliphatic rings. The number of aromatic nitrogens is 2. The van der Waals surface area contributed by atoms with E-state index < -0.39 is 0 Å². The summed E-state index contributed by atoms with van der Waals surface area (Å²) in [5.74, 6) is -0.0185. The predicted molar refractivity (Wildman–Crippen MR) is 27.1 cm³/mol. The van der Waals surface area contributed by atoms with Crippen molar-refractivity contribution in [3.05, 3.63) is 10.7 Å². The van der Waals surface area contributed by atoms with Gasteiger partial charge in [-0.1, -0.05) is 0 Å². The SMILES string of the molecule is O=Cc1n[nH]c(=S)o1. The lowest BCUT2D eigenvalue weighted by Gasteiger charge is -1.64. The fourth-order valence-corrected chi connectivity index (χ4v) is 0.423. The van der Waals surface area contributed by atoms with Crippen LogP contribution in [-0.2, 0) is 0 Å². The molecule has 1 aromatic rings. The van der Waals surface area contributed by atoms with Crippen LogP contribution in [0, 0.1) is 4.84 Å². The maximum absolute atomic E-state index is 9.80. The van der Waals surface area contributed by atoms with Crippen molar-refractivity contribution in [2.24, 2.45) is 0 Å². The minimum Gasteiger partial charge on any atom is -0.407 e. The molecule has 0 aliphatic heterocycles. The molecule has 8 heavy (non-hydrogen) atoms. The third-order valence-electron chi connectivity index (χ3n) is 0.555. The second-order valence-electron chi connectivity index (χ2n) is 1.07. The highest BCUT2D eigenvalue weighted by molar-refractivity contribution is 7.71. The van der Waals surface area contributed by atoms with Crippen molar-refractivity contribution in [3.8, 4) is 0 Å². The lowest BCUT2D eigenvalue weighted by Crippen LogP contribution is -1.75. The lowest BCUT2D eigenvalue weighted by molar-refractivity contribution is 0.109. The first kappa shape index (κ1) is 5.17. The largest absolute Gasteiger partial charge is 0.407 e. The summed E-state index contributed by atoms with van der Waals surface area (Å²) in [5, 5.41) is 5.66. The number of nitrogens with zero attached hydrogens (tertiary/aromatic N) is 1. The third kappa shape index (κ3) is 0.812. The van der Waals surface area contributed by atoms with E-state index in [4.69, 9.17) is 0 Å². The van der Waals surface area contributed by atoms with Gasteiger partial charge in [0.05, 0.1) is 0 Å². The second-order valence-corrected chi connectivity index (χ2v) is 1.44. The first-order valence-corrected chi connectivity index (χ1v) is 2.24. The Morgan fingerprint density at radius 3 is 2.88 bits per heavy atom. The zero-order chi connectivity index (χ0) is 5.98. The highest BCUT2D eigenvalue weighted by atomic mass is 32.1. The van der Waals surface area contributed by atoms with Crippen LogP contribution in [0.3, 0.4) is 0 Å². The van der Waals surface area contributed by atoms with E-state index in [0.29, 0.717) is 6.29 Å². The number of carbonyl (C=O) groups excluding carboxylic acids is 1. The van der Waals surface area contributed by atoms with Gasteiger partial charge in [0.15, 0.2) is 0 Å². The summed E-state index contributed by atoms with van der Waals surface area (Å²) in [4.78, 5) is 9.91. The molecule has 4 nitrogen and oxygen atoms in total. The van der Waals surface area contributed by atoms with Gasteiger partial charge in [0.1, 0.15) is 0 Å². The molecule has 0 radical (unpaired) electrons. The van der Waals surface area contributed by atoms with E-state index in [0.717, 1.165) is 0 Å². The van der Waals surface area contributed by atoms with Crippen LogP contribution >= 0.6 is 12.2 Å². The Balaban J connectivity index is 3.18. The average molecular weight is 130 g/mol. The van der Waals surface area contributed by atoms with Gasteiger partial charge in [-0.3, -0.25) is 4.79 Å². The van der Waals surface area contributed by atoms with Crippen LogP contribution in [-0.4, -0.2) is 16.5 Å². The number of hydrogen-bond donors (Lipinski definition) is 1. The molecule has 0 bridgehead atoms. The van der Waals surface area contributed by atoms with Gasteiger partial charge in [-0.25, -0.2) is 5.10 Å². The zero-order valence-corrected chi connectivity index (χ0v) is 4.57. The van der Waals surface area contributed by atoms with Crippen molar-refractivity contribution in [1.29, 1.82) is 0 Å². The van der Waals surface area contributed by atoms with Crippen LogP contribution in [0.15, 0.2) is 4.42 Å². The fraction of sp³-hybridized carbons (Fsp3) is 0. The molecular formula is C3H2N2O2S. The smallest absolute Gasteiger partial charge is 0.284 e. The standard InChI is InChI=1S/C3H2N2O2S/c6-1-2-4-5-3(8)7-2/h1H,(H,5,8). The number of hydrogen-bond acceptors (Lipinski definition) is 4. The molecule has 0 atom stereocenters. The Kier molecular flexibility index (Phi) is 1.21. The van der Waals surface area contributed by atoms with Gasteiger partial charge in [0.25, 0.3) is 10.7 Å². The molecule has 0 fully saturated rings. The molecule has 1 rings (SSSR count). The van der Waals surface area contributed by atoms with Gasteiger partial charge in [-0.2, -0.15) is 0 Å². The summed E-state index contributed by atoms with van der Waals surface area (Å²) < 4.78 is 4.51. The molecule has 1 heterocycles. The molecule has 1 N–H and O–H groups in total. The molecule has 0 saturated heterocycles. The molecule has 0 saturated carbocycles. The van der Waals surface area contributed by atoms with E-state index in [1.807, 2.05) is 0 Å². The van der Waals surface area contributed by atoms with Crippen molar-refractivity contribution in [1.82, 2.24) is 10.2 Å². The summed E-state index contributed by atoms with van der Waals surface area (Å²) in [6.07, 6.45) is 0.478. The summed E-state index contributed by atoms with van der Waals surface area (Å²) in [6.45, 7) is 0. The van der Waals surface area contributed by atoms with Crippen molar-refractivity contribution in [2.45, 2.75) is 0 Å². The van der Waals surface area contributed by atoms with E-state index in [9.17, 15) is 4.79 Å². The van der Waals surface area contributed by atoms with Crippen LogP contribution in [0.25, 0.3) is 0 Å². The molecule has 0 unspecified atom stereocenters. The molecule has 0 aliphatic carbocycles. The summed E-state index contributed by atoms with van der Waals surface area (Å²) in [7, 11) is 0. The molecule has 0 spiro atoms. The molecule has 0 amide bonds. The Hall–Kier alpha value is -0.970. The van der Waals surface area contributed by atoms with Gasteiger partial charge < -0.3 is 4.42 Å². The van der Waals surface area contributed by atoms with Gasteiger partial charge in [-0.15, -0.1) is 5.10 Å². The molecular weight excluding hydrogens is 128 g/mol. The van der Waals surface area contributed by atoms with Crippen molar-refractivity contribution in [3.63, 3.8) is 0 Å². The predicted octanol–water partition coefficient (Wildman–Crippen LogP) is 0.545. The number of carbonyl (C=O) groups is 1. The Morgan fingerprint density at radius 1 is 1.88 bits per heavy atom. The highest BCUT2D eigenvalue weighted by Crippen LogP contribution is 1.86. The van der Waals surface area contributed by atoms with Gasteiger partial charge in [0, 0.05) is 0 Å². The minimum absolute atomic E-state index is 0.0185. The van der Waals surface area contributed by atoms with Crippen LogP contribution in [0.2, 0.25) is 0 Å². The quantitative estimate of drug-likeness (QED) is 0.445. The Morgan fingerprint density at radius 2 is 2.62 bits per heavy atom. The van der Waals surface area contributed by atoms with E-state index in [2.05, 4.69) is 26.8 Å². The van der Waals surface area contributed by atoms with Crippen LogP contribution in [0.4, 0.5) is 0 Å².